The van der Waals surface area contributed by atoms with Crippen molar-refractivity contribution in [3.63, 3.8) is 0 Å². The fourth-order valence-electron chi connectivity index (χ4n) is 3.61. The summed E-state index contributed by atoms with van der Waals surface area (Å²) in [5.41, 5.74) is 0. The number of rotatable bonds is 5. The van der Waals surface area contributed by atoms with E-state index in [4.69, 9.17) is 4.42 Å². The van der Waals surface area contributed by atoms with Gasteiger partial charge in [-0.2, -0.15) is 0 Å². The zero-order valence-corrected chi connectivity index (χ0v) is 12.6. The predicted octanol–water partition coefficient (Wildman–Crippen LogP) is 2.10. The van der Waals surface area contributed by atoms with Gasteiger partial charge >= 0.3 is 0 Å². The first kappa shape index (κ1) is 14.1. The standard InChI is InChI=1S/C16H27N3O/c1-2-14-12-17-7-10-19(14)15(16-6-5-11-20-16)13-18-8-3-4-9-18/h5-6,11,14-15,17H,2-4,7-10,12-13H2,1H3. The van der Waals surface area contributed by atoms with Gasteiger partial charge in [0.1, 0.15) is 5.76 Å². The van der Waals surface area contributed by atoms with E-state index in [1.165, 1.54) is 32.4 Å². The molecule has 2 aliphatic rings. The minimum atomic E-state index is 0.412. The van der Waals surface area contributed by atoms with Crippen LogP contribution < -0.4 is 5.32 Å². The lowest BCUT2D eigenvalue weighted by Gasteiger charge is -2.41. The highest BCUT2D eigenvalue weighted by molar-refractivity contribution is 5.07. The molecule has 0 aliphatic carbocycles. The van der Waals surface area contributed by atoms with Crippen LogP contribution in [0.2, 0.25) is 0 Å². The molecule has 0 bridgehead atoms. The molecule has 4 heteroatoms. The number of hydrogen-bond donors (Lipinski definition) is 1. The quantitative estimate of drug-likeness (QED) is 0.893. The number of hydrogen-bond acceptors (Lipinski definition) is 4. The van der Waals surface area contributed by atoms with E-state index in [-0.39, 0.29) is 0 Å². The Morgan fingerprint density at radius 3 is 2.90 bits per heavy atom. The molecule has 20 heavy (non-hydrogen) atoms. The van der Waals surface area contributed by atoms with Crippen molar-refractivity contribution in [2.45, 2.75) is 38.3 Å². The molecule has 3 heterocycles. The third-order valence-electron chi connectivity index (χ3n) is 4.77. The van der Waals surface area contributed by atoms with Gasteiger partial charge in [-0.3, -0.25) is 4.90 Å². The summed E-state index contributed by atoms with van der Waals surface area (Å²) in [6.45, 7) is 9.23. The molecule has 2 unspecified atom stereocenters. The first-order chi connectivity index (χ1) is 9.88. The Morgan fingerprint density at radius 1 is 1.35 bits per heavy atom. The van der Waals surface area contributed by atoms with Gasteiger partial charge in [0.25, 0.3) is 0 Å². The summed E-state index contributed by atoms with van der Waals surface area (Å²) in [6.07, 6.45) is 5.72. The van der Waals surface area contributed by atoms with Gasteiger partial charge in [-0.05, 0) is 44.5 Å². The van der Waals surface area contributed by atoms with Crippen LogP contribution in [0.5, 0.6) is 0 Å². The zero-order chi connectivity index (χ0) is 13.8. The van der Waals surface area contributed by atoms with Crippen LogP contribution in [-0.2, 0) is 0 Å². The molecule has 112 valence electrons. The van der Waals surface area contributed by atoms with Gasteiger partial charge in [-0.25, -0.2) is 0 Å². The molecule has 1 aromatic rings. The first-order valence-electron chi connectivity index (χ1n) is 8.10. The predicted molar refractivity (Wildman–Crippen MR) is 80.8 cm³/mol. The fourth-order valence-corrected chi connectivity index (χ4v) is 3.61. The highest BCUT2D eigenvalue weighted by Crippen LogP contribution is 2.27. The number of piperazine rings is 1. The summed E-state index contributed by atoms with van der Waals surface area (Å²) in [6, 6.07) is 5.21. The topological polar surface area (TPSA) is 31.6 Å². The molecule has 3 rings (SSSR count). The average molecular weight is 277 g/mol. The van der Waals surface area contributed by atoms with Crippen molar-refractivity contribution in [3.8, 4) is 0 Å². The Bertz CT molecular complexity index is 386. The monoisotopic (exact) mass is 277 g/mol. The van der Waals surface area contributed by atoms with Crippen LogP contribution in [-0.4, -0.2) is 55.1 Å². The minimum Gasteiger partial charge on any atom is -0.468 e. The van der Waals surface area contributed by atoms with E-state index >= 15 is 0 Å². The second-order valence-corrected chi connectivity index (χ2v) is 6.04. The highest BCUT2D eigenvalue weighted by atomic mass is 16.3. The lowest BCUT2D eigenvalue weighted by atomic mass is 10.0. The van der Waals surface area contributed by atoms with Crippen molar-refractivity contribution in [2.75, 3.05) is 39.3 Å². The SMILES string of the molecule is CCC1CNCCN1C(CN1CCCC1)c1ccco1. The highest BCUT2D eigenvalue weighted by Gasteiger charge is 2.32. The first-order valence-corrected chi connectivity index (χ1v) is 8.10. The van der Waals surface area contributed by atoms with Crippen LogP contribution in [0, 0.1) is 0 Å². The van der Waals surface area contributed by atoms with Gasteiger partial charge < -0.3 is 14.6 Å². The summed E-state index contributed by atoms with van der Waals surface area (Å²) in [7, 11) is 0. The van der Waals surface area contributed by atoms with Gasteiger partial charge in [0.15, 0.2) is 0 Å². The van der Waals surface area contributed by atoms with E-state index in [1.54, 1.807) is 0 Å². The maximum Gasteiger partial charge on any atom is 0.122 e. The Morgan fingerprint density at radius 2 is 2.20 bits per heavy atom. The van der Waals surface area contributed by atoms with E-state index in [0.717, 1.165) is 31.9 Å². The second kappa shape index (κ2) is 6.74. The minimum absolute atomic E-state index is 0.412. The molecular formula is C16H27N3O. The van der Waals surface area contributed by atoms with Gasteiger partial charge in [0, 0.05) is 32.2 Å². The van der Waals surface area contributed by atoms with Crippen molar-refractivity contribution in [2.24, 2.45) is 0 Å². The number of likely N-dealkylation sites (tertiary alicyclic amines) is 1. The number of furan rings is 1. The molecule has 2 saturated heterocycles. The van der Waals surface area contributed by atoms with Crippen LogP contribution in [0.4, 0.5) is 0 Å². The molecule has 1 N–H and O–H groups in total. The van der Waals surface area contributed by atoms with Crippen LogP contribution >= 0.6 is 0 Å². The molecule has 0 aromatic carbocycles. The molecule has 2 aliphatic heterocycles. The summed E-state index contributed by atoms with van der Waals surface area (Å²) < 4.78 is 5.76. The van der Waals surface area contributed by atoms with Crippen molar-refractivity contribution < 1.29 is 4.42 Å². The fraction of sp³-hybridized carbons (Fsp3) is 0.750. The average Bonchev–Trinajstić information content (AvgIpc) is 3.18. The Kier molecular flexibility index (Phi) is 4.76. The number of nitrogens with one attached hydrogen (secondary N) is 1. The summed E-state index contributed by atoms with van der Waals surface area (Å²) in [5, 5.41) is 3.52. The van der Waals surface area contributed by atoms with E-state index in [2.05, 4.69) is 28.1 Å². The summed E-state index contributed by atoms with van der Waals surface area (Å²) in [4.78, 5) is 5.26. The molecular weight excluding hydrogens is 250 g/mol. The molecule has 0 radical (unpaired) electrons. The van der Waals surface area contributed by atoms with Crippen molar-refractivity contribution >= 4 is 0 Å². The maximum atomic E-state index is 5.76. The van der Waals surface area contributed by atoms with Gasteiger partial charge in [-0.15, -0.1) is 0 Å². The second-order valence-electron chi connectivity index (χ2n) is 6.04. The Labute approximate surface area is 122 Å². The molecule has 2 fully saturated rings. The van der Waals surface area contributed by atoms with Crippen LogP contribution in [0.15, 0.2) is 22.8 Å². The van der Waals surface area contributed by atoms with Crippen LogP contribution in [0.25, 0.3) is 0 Å². The third kappa shape index (κ3) is 3.08. The molecule has 1 aromatic heterocycles. The molecule has 0 spiro atoms. The summed E-state index contributed by atoms with van der Waals surface area (Å²) >= 11 is 0. The zero-order valence-electron chi connectivity index (χ0n) is 12.6. The lowest BCUT2D eigenvalue weighted by Crippen LogP contribution is -2.53. The van der Waals surface area contributed by atoms with E-state index in [1.807, 2.05) is 12.3 Å². The molecule has 0 saturated carbocycles. The van der Waals surface area contributed by atoms with Crippen molar-refractivity contribution in [1.29, 1.82) is 0 Å². The van der Waals surface area contributed by atoms with E-state index in [0.29, 0.717) is 12.1 Å². The van der Waals surface area contributed by atoms with E-state index < -0.39 is 0 Å². The third-order valence-corrected chi connectivity index (χ3v) is 4.77. The van der Waals surface area contributed by atoms with Crippen LogP contribution in [0.1, 0.15) is 38.0 Å². The molecule has 2 atom stereocenters. The van der Waals surface area contributed by atoms with Gasteiger partial charge in [0.2, 0.25) is 0 Å². The Balaban J connectivity index is 1.76. The summed E-state index contributed by atoms with van der Waals surface area (Å²) in [5.74, 6) is 1.14. The number of nitrogens with zero attached hydrogens (tertiary/aromatic N) is 2. The largest absolute Gasteiger partial charge is 0.468 e. The lowest BCUT2D eigenvalue weighted by molar-refractivity contribution is 0.0679. The normalized spacial score (nSPS) is 26.9. The van der Waals surface area contributed by atoms with Crippen molar-refractivity contribution in [3.05, 3.63) is 24.2 Å². The molecule has 4 nitrogen and oxygen atoms in total. The maximum absolute atomic E-state index is 5.76. The van der Waals surface area contributed by atoms with Crippen molar-refractivity contribution in [1.82, 2.24) is 15.1 Å². The van der Waals surface area contributed by atoms with E-state index in [9.17, 15) is 0 Å². The smallest absolute Gasteiger partial charge is 0.122 e. The van der Waals surface area contributed by atoms with Gasteiger partial charge in [0.05, 0.1) is 12.3 Å². The Hall–Kier alpha value is -0.840. The van der Waals surface area contributed by atoms with Gasteiger partial charge in [-0.1, -0.05) is 6.92 Å². The van der Waals surface area contributed by atoms with Crippen LogP contribution in [0.3, 0.4) is 0 Å². The molecule has 0 amide bonds.